The fraction of sp³-hybridized carbons (Fsp3) is 0.857. The van der Waals surface area contributed by atoms with Crippen LogP contribution in [0.1, 0.15) is 44.9 Å². The standard InChI is InChI=1S/C14H23N5O3/c15-11(6-9-4-2-1-3-5-9)13(20)19-8-10(17-18-16)7-12(19)14(21)22/h9-12H,1-8,15H2,(H,21,22)/t10-,11?,12+/m1/s1. The van der Waals surface area contributed by atoms with Gasteiger partial charge in [0.05, 0.1) is 12.1 Å². The molecule has 1 aliphatic heterocycles. The van der Waals surface area contributed by atoms with E-state index in [4.69, 9.17) is 11.3 Å². The van der Waals surface area contributed by atoms with Crippen LogP contribution in [0.25, 0.3) is 10.4 Å². The summed E-state index contributed by atoms with van der Waals surface area (Å²) in [5, 5.41) is 12.8. The maximum absolute atomic E-state index is 12.5. The summed E-state index contributed by atoms with van der Waals surface area (Å²) in [7, 11) is 0. The van der Waals surface area contributed by atoms with Gasteiger partial charge in [-0.3, -0.25) is 4.79 Å². The van der Waals surface area contributed by atoms with Gasteiger partial charge in [0.25, 0.3) is 0 Å². The lowest BCUT2D eigenvalue weighted by molar-refractivity contribution is -0.148. The first-order valence-electron chi connectivity index (χ1n) is 7.86. The van der Waals surface area contributed by atoms with Gasteiger partial charge < -0.3 is 15.7 Å². The minimum Gasteiger partial charge on any atom is -0.480 e. The van der Waals surface area contributed by atoms with Crippen molar-refractivity contribution in [1.82, 2.24) is 4.90 Å². The summed E-state index contributed by atoms with van der Waals surface area (Å²) in [5.74, 6) is -0.964. The highest BCUT2D eigenvalue weighted by molar-refractivity contribution is 5.87. The Morgan fingerprint density at radius 2 is 2.05 bits per heavy atom. The summed E-state index contributed by atoms with van der Waals surface area (Å²) in [6.45, 7) is 0.137. The molecule has 1 aliphatic carbocycles. The van der Waals surface area contributed by atoms with Crippen LogP contribution in [0.15, 0.2) is 5.11 Å². The average molecular weight is 309 g/mol. The summed E-state index contributed by atoms with van der Waals surface area (Å²) in [6.07, 6.45) is 6.52. The summed E-state index contributed by atoms with van der Waals surface area (Å²) in [5.41, 5.74) is 14.5. The van der Waals surface area contributed by atoms with Crippen molar-refractivity contribution < 1.29 is 14.7 Å². The van der Waals surface area contributed by atoms with Crippen LogP contribution in [0.2, 0.25) is 0 Å². The molecule has 0 spiro atoms. The number of amides is 1. The van der Waals surface area contributed by atoms with E-state index >= 15 is 0 Å². The van der Waals surface area contributed by atoms with E-state index in [0.717, 1.165) is 12.8 Å². The van der Waals surface area contributed by atoms with Crippen LogP contribution in [0.3, 0.4) is 0 Å². The molecule has 2 rings (SSSR count). The first kappa shape index (κ1) is 16.6. The Bertz CT molecular complexity index is 471. The number of carboxylic acids is 1. The van der Waals surface area contributed by atoms with Crippen molar-refractivity contribution in [2.75, 3.05) is 6.54 Å². The molecule has 3 atom stereocenters. The summed E-state index contributed by atoms with van der Waals surface area (Å²) in [4.78, 5) is 27.8. The first-order valence-corrected chi connectivity index (χ1v) is 7.86. The van der Waals surface area contributed by atoms with E-state index in [2.05, 4.69) is 10.0 Å². The van der Waals surface area contributed by atoms with Gasteiger partial charge in [-0.05, 0) is 24.3 Å². The third-order valence-electron chi connectivity index (χ3n) is 4.69. The molecule has 3 N–H and O–H groups in total. The normalized spacial score (nSPS) is 27.2. The molecule has 8 heteroatoms. The van der Waals surface area contributed by atoms with E-state index in [1.165, 1.54) is 24.2 Å². The number of hydrogen-bond donors (Lipinski definition) is 2. The van der Waals surface area contributed by atoms with Crippen molar-refractivity contribution in [2.24, 2.45) is 16.8 Å². The quantitative estimate of drug-likeness (QED) is 0.453. The van der Waals surface area contributed by atoms with Crippen LogP contribution in [0.5, 0.6) is 0 Å². The lowest BCUT2D eigenvalue weighted by Gasteiger charge is -2.28. The number of carbonyl (C=O) groups is 2. The van der Waals surface area contributed by atoms with Crippen molar-refractivity contribution in [3.63, 3.8) is 0 Å². The third-order valence-corrected chi connectivity index (χ3v) is 4.69. The highest BCUT2D eigenvalue weighted by Gasteiger charge is 2.41. The third kappa shape index (κ3) is 3.90. The number of aliphatic carboxylic acids is 1. The fourth-order valence-electron chi connectivity index (χ4n) is 3.54. The van der Waals surface area contributed by atoms with Crippen molar-refractivity contribution in [1.29, 1.82) is 0 Å². The Morgan fingerprint density at radius 1 is 1.36 bits per heavy atom. The molecule has 0 aromatic heterocycles. The van der Waals surface area contributed by atoms with Gasteiger partial charge in [-0.25, -0.2) is 4.79 Å². The molecule has 22 heavy (non-hydrogen) atoms. The molecule has 122 valence electrons. The number of rotatable bonds is 5. The topological polar surface area (TPSA) is 132 Å². The number of hydrogen-bond acceptors (Lipinski definition) is 4. The fourth-order valence-corrected chi connectivity index (χ4v) is 3.54. The first-order chi connectivity index (χ1) is 10.5. The van der Waals surface area contributed by atoms with E-state index < -0.39 is 24.1 Å². The minimum atomic E-state index is -1.08. The number of nitrogens with two attached hydrogens (primary N) is 1. The van der Waals surface area contributed by atoms with E-state index in [-0.39, 0.29) is 18.9 Å². The van der Waals surface area contributed by atoms with Crippen molar-refractivity contribution in [2.45, 2.75) is 63.1 Å². The molecular formula is C14H23N5O3. The van der Waals surface area contributed by atoms with Crippen LogP contribution in [-0.2, 0) is 9.59 Å². The number of azide groups is 1. The van der Waals surface area contributed by atoms with Gasteiger partial charge in [0.2, 0.25) is 5.91 Å². The molecule has 0 bridgehead atoms. The summed E-state index contributed by atoms with van der Waals surface area (Å²) in [6, 6.07) is -2.10. The van der Waals surface area contributed by atoms with Gasteiger partial charge >= 0.3 is 5.97 Å². The molecule has 1 heterocycles. The molecule has 2 fully saturated rings. The van der Waals surface area contributed by atoms with Gasteiger partial charge in [-0.1, -0.05) is 37.2 Å². The predicted molar refractivity (Wildman–Crippen MR) is 79.9 cm³/mol. The Morgan fingerprint density at radius 3 is 2.64 bits per heavy atom. The van der Waals surface area contributed by atoms with Crippen LogP contribution in [0.4, 0.5) is 0 Å². The number of carbonyl (C=O) groups excluding carboxylic acids is 1. The van der Waals surface area contributed by atoms with Crippen LogP contribution in [-0.4, -0.2) is 46.6 Å². The SMILES string of the molecule is [N-]=[N+]=N[C@@H]1C[C@@H](C(=O)O)N(C(=O)C(N)CC2CCCCC2)C1. The van der Waals surface area contributed by atoms with E-state index in [1.54, 1.807) is 0 Å². The molecule has 1 saturated heterocycles. The van der Waals surface area contributed by atoms with Gasteiger partial charge in [-0.2, -0.15) is 0 Å². The molecular weight excluding hydrogens is 286 g/mol. The Kier molecular flexibility index (Phi) is 5.63. The van der Waals surface area contributed by atoms with Crippen molar-refractivity contribution in [3.8, 4) is 0 Å². The van der Waals surface area contributed by atoms with Crippen molar-refractivity contribution in [3.05, 3.63) is 10.4 Å². The van der Waals surface area contributed by atoms with Crippen LogP contribution >= 0.6 is 0 Å². The maximum atomic E-state index is 12.5. The molecule has 8 nitrogen and oxygen atoms in total. The maximum Gasteiger partial charge on any atom is 0.326 e. The second kappa shape index (κ2) is 7.47. The second-order valence-corrected chi connectivity index (χ2v) is 6.29. The zero-order valence-corrected chi connectivity index (χ0v) is 12.6. The molecule has 1 saturated carbocycles. The molecule has 2 aliphatic rings. The number of carboxylic acid groups (broad SMARTS) is 1. The van der Waals surface area contributed by atoms with Crippen LogP contribution < -0.4 is 5.73 Å². The van der Waals surface area contributed by atoms with Gasteiger partial charge in [0, 0.05) is 11.5 Å². The average Bonchev–Trinajstić information content (AvgIpc) is 2.92. The molecule has 0 aromatic carbocycles. The summed E-state index contributed by atoms with van der Waals surface area (Å²) >= 11 is 0. The zero-order chi connectivity index (χ0) is 16.1. The highest BCUT2D eigenvalue weighted by Crippen LogP contribution is 2.28. The summed E-state index contributed by atoms with van der Waals surface area (Å²) < 4.78 is 0. The van der Waals surface area contributed by atoms with E-state index in [9.17, 15) is 14.7 Å². The largest absolute Gasteiger partial charge is 0.480 e. The van der Waals surface area contributed by atoms with Crippen molar-refractivity contribution >= 4 is 11.9 Å². The Labute approximate surface area is 129 Å². The van der Waals surface area contributed by atoms with Crippen LogP contribution in [0, 0.1) is 5.92 Å². The minimum absolute atomic E-state index is 0.137. The molecule has 1 unspecified atom stereocenters. The predicted octanol–water partition coefficient (Wildman–Crippen LogP) is 1.65. The van der Waals surface area contributed by atoms with Gasteiger partial charge in [0.1, 0.15) is 6.04 Å². The second-order valence-electron chi connectivity index (χ2n) is 6.29. The lowest BCUT2D eigenvalue weighted by Crippen LogP contribution is -2.49. The molecule has 0 radical (unpaired) electrons. The van der Waals surface area contributed by atoms with Gasteiger partial charge in [-0.15, -0.1) is 0 Å². The van der Waals surface area contributed by atoms with E-state index in [1.807, 2.05) is 0 Å². The smallest absolute Gasteiger partial charge is 0.326 e. The lowest BCUT2D eigenvalue weighted by atomic mass is 9.84. The highest BCUT2D eigenvalue weighted by atomic mass is 16.4. The molecule has 1 amide bonds. The Balaban J connectivity index is 1.99. The Hall–Kier alpha value is -1.79. The monoisotopic (exact) mass is 309 g/mol. The number of likely N-dealkylation sites (tertiary alicyclic amines) is 1. The van der Waals surface area contributed by atoms with Gasteiger partial charge in [0.15, 0.2) is 0 Å². The van der Waals surface area contributed by atoms with E-state index in [0.29, 0.717) is 12.3 Å². The molecule has 0 aromatic rings. The zero-order valence-electron chi connectivity index (χ0n) is 12.6. The number of nitrogens with zero attached hydrogens (tertiary/aromatic N) is 4.